The summed E-state index contributed by atoms with van der Waals surface area (Å²) in [7, 11) is 0. The van der Waals surface area contributed by atoms with Crippen LogP contribution < -0.4 is 0 Å². The molecule has 4 aromatic carbocycles. The molecular weight excluding hydrogens is 291 g/mol. The van der Waals surface area contributed by atoms with E-state index in [-0.39, 0.29) is 5.82 Å². The molecule has 0 unspecified atom stereocenters. The minimum atomic E-state index is -0.102. The van der Waals surface area contributed by atoms with E-state index in [4.69, 9.17) is 0 Å². The molecule has 0 aliphatic carbocycles. The van der Waals surface area contributed by atoms with Crippen LogP contribution in [0.5, 0.6) is 0 Å². The molecular formula is C20H11FS. The summed E-state index contributed by atoms with van der Waals surface area (Å²) in [6.07, 6.45) is 0. The third kappa shape index (κ3) is 1.56. The molecule has 22 heavy (non-hydrogen) atoms. The van der Waals surface area contributed by atoms with Crippen LogP contribution >= 0.6 is 11.3 Å². The summed E-state index contributed by atoms with van der Waals surface area (Å²) < 4.78 is 17.2. The van der Waals surface area contributed by atoms with Crippen LogP contribution in [0.2, 0.25) is 0 Å². The van der Waals surface area contributed by atoms with Crippen molar-refractivity contribution < 1.29 is 4.39 Å². The molecule has 0 aliphatic heterocycles. The van der Waals surface area contributed by atoms with Gasteiger partial charge in [-0.2, -0.15) is 0 Å². The first kappa shape index (κ1) is 12.1. The highest BCUT2D eigenvalue weighted by atomic mass is 32.1. The molecule has 2 heteroatoms. The van der Waals surface area contributed by atoms with Gasteiger partial charge in [-0.05, 0) is 34.4 Å². The van der Waals surface area contributed by atoms with Gasteiger partial charge in [-0.1, -0.05) is 48.5 Å². The molecule has 0 bridgehead atoms. The van der Waals surface area contributed by atoms with Crippen LogP contribution in [0.3, 0.4) is 0 Å². The van der Waals surface area contributed by atoms with Crippen LogP contribution in [0, 0.1) is 5.82 Å². The van der Waals surface area contributed by atoms with Crippen LogP contribution in [0.1, 0.15) is 0 Å². The molecule has 1 heterocycles. The highest BCUT2D eigenvalue weighted by molar-refractivity contribution is 7.26. The zero-order chi connectivity index (χ0) is 14.7. The number of benzene rings is 4. The van der Waals surface area contributed by atoms with Gasteiger partial charge in [0, 0.05) is 25.6 Å². The third-order valence-electron chi connectivity index (χ3n) is 4.29. The summed E-state index contributed by atoms with van der Waals surface area (Å²) in [5.74, 6) is -0.102. The second kappa shape index (κ2) is 4.28. The van der Waals surface area contributed by atoms with E-state index in [0.29, 0.717) is 5.39 Å². The Morgan fingerprint density at radius 3 is 2.09 bits per heavy atom. The van der Waals surface area contributed by atoms with Crippen molar-refractivity contribution in [3.05, 3.63) is 72.5 Å². The van der Waals surface area contributed by atoms with Crippen molar-refractivity contribution in [2.24, 2.45) is 0 Å². The first-order valence-electron chi connectivity index (χ1n) is 7.23. The van der Waals surface area contributed by atoms with Gasteiger partial charge in [0.15, 0.2) is 0 Å². The molecule has 0 nitrogen and oxygen atoms in total. The Balaban J connectivity index is 2.05. The fourth-order valence-electron chi connectivity index (χ4n) is 3.23. The Kier molecular flexibility index (Phi) is 2.36. The zero-order valence-corrected chi connectivity index (χ0v) is 12.5. The maximum absolute atomic E-state index is 15.0. The van der Waals surface area contributed by atoms with E-state index in [1.165, 1.54) is 5.39 Å². The number of fused-ring (bicyclic) bond motifs is 5. The lowest BCUT2D eigenvalue weighted by Crippen LogP contribution is -1.81. The maximum atomic E-state index is 15.0. The van der Waals surface area contributed by atoms with Crippen LogP contribution in [0.4, 0.5) is 4.39 Å². The first-order valence-corrected chi connectivity index (χ1v) is 8.05. The van der Waals surface area contributed by atoms with Crippen molar-refractivity contribution in [3.8, 4) is 0 Å². The highest BCUT2D eigenvalue weighted by Gasteiger charge is 2.13. The van der Waals surface area contributed by atoms with E-state index >= 15 is 4.39 Å². The monoisotopic (exact) mass is 302 g/mol. The van der Waals surface area contributed by atoms with Crippen LogP contribution in [0.15, 0.2) is 66.7 Å². The Bertz CT molecular complexity index is 1180. The van der Waals surface area contributed by atoms with Crippen molar-refractivity contribution in [1.82, 2.24) is 0 Å². The van der Waals surface area contributed by atoms with Crippen molar-refractivity contribution >= 4 is 53.1 Å². The van der Waals surface area contributed by atoms with Crippen molar-refractivity contribution in [3.63, 3.8) is 0 Å². The number of rotatable bonds is 0. The molecule has 0 saturated carbocycles. The minimum Gasteiger partial charge on any atom is -0.206 e. The maximum Gasteiger partial charge on any atom is 0.140 e. The topological polar surface area (TPSA) is 0 Å². The first-order chi connectivity index (χ1) is 10.8. The number of thiophene rings is 1. The molecule has 104 valence electrons. The molecule has 0 N–H and O–H groups in total. The average molecular weight is 302 g/mol. The quantitative estimate of drug-likeness (QED) is 0.306. The van der Waals surface area contributed by atoms with Gasteiger partial charge >= 0.3 is 0 Å². The van der Waals surface area contributed by atoms with Gasteiger partial charge in [0.1, 0.15) is 5.82 Å². The van der Waals surface area contributed by atoms with Crippen molar-refractivity contribution in [2.75, 3.05) is 0 Å². The van der Waals surface area contributed by atoms with E-state index in [2.05, 4.69) is 30.3 Å². The molecule has 0 amide bonds. The lowest BCUT2D eigenvalue weighted by atomic mass is 10.0. The minimum absolute atomic E-state index is 0.102. The lowest BCUT2D eigenvalue weighted by molar-refractivity contribution is 0.652. The van der Waals surface area contributed by atoms with Crippen LogP contribution in [-0.4, -0.2) is 0 Å². The number of halogens is 1. The fourth-order valence-corrected chi connectivity index (χ4v) is 4.41. The Morgan fingerprint density at radius 1 is 0.636 bits per heavy atom. The molecule has 5 rings (SSSR count). The van der Waals surface area contributed by atoms with E-state index in [9.17, 15) is 0 Å². The summed E-state index contributed by atoms with van der Waals surface area (Å²) >= 11 is 1.67. The molecule has 0 spiro atoms. The molecule has 0 fully saturated rings. The summed E-state index contributed by atoms with van der Waals surface area (Å²) in [6.45, 7) is 0. The van der Waals surface area contributed by atoms with Gasteiger partial charge in [0.2, 0.25) is 0 Å². The standard InChI is InChI=1S/C20H11FS/c21-20-15-8-4-3-7-14(15)11-18-19(20)16-9-12-5-1-2-6-13(12)10-17(16)22-18/h1-11H. The predicted molar refractivity (Wildman–Crippen MR) is 94.3 cm³/mol. The van der Waals surface area contributed by atoms with Crippen LogP contribution in [-0.2, 0) is 0 Å². The molecule has 0 aliphatic rings. The van der Waals surface area contributed by atoms with E-state index < -0.39 is 0 Å². The third-order valence-corrected chi connectivity index (χ3v) is 5.39. The van der Waals surface area contributed by atoms with Gasteiger partial charge in [0.05, 0.1) is 0 Å². The van der Waals surface area contributed by atoms with Gasteiger partial charge in [-0.15, -0.1) is 11.3 Å². The SMILES string of the molecule is Fc1c2ccccc2cc2sc3cc4ccccc4cc3c12. The second-order valence-electron chi connectivity index (χ2n) is 5.58. The highest BCUT2D eigenvalue weighted by Crippen LogP contribution is 2.40. The Morgan fingerprint density at radius 2 is 1.27 bits per heavy atom. The second-order valence-corrected chi connectivity index (χ2v) is 6.67. The molecule has 0 atom stereocenters. The van der Waals surface area contributed by atoms with Gasteiger partial charge < -0.3 is 0 Å². The molecule has 0 radical (unpaired) electrons. The normalized spacial score (nSPS) is 11.9. The number of hydrogen-bond donors (Lipinski definition) is 0. The zero-order valence-electron chi connectivity index (χ0n) is 11.6. The lowest BCUT2D eigenvalue weighted by Gasteiger charge is -2.02. The smallest absolute Gasteiger partial charge is 0.140 e. The van der Waals surface area contributed by atoms with Gasteiger partial charge in [-0.25, -0.2) is 4.39 Å². The Hall–Kier alpha value is -2.45. The number of hydrogen-bond acceptors (Lipinski definition) is 1. The summed E-state index contributed by atoms with van der Waals surface area (Å²) in [6, 6.07) is 22.3. The summed E-state index contributed by atoms with van der Waals surface area (Å²) in [4.78, 5) is 0. The largest absolute Gasteiger partial charge is 0.206 e. The van der Waals surface area contributed by atoms with E-state index in [0.717, 1.165) is 30.9 Å². The molecule has 5 aromatic rings. The van der Waals surface area contributed by atoms with Crippen molar-refractivity contribution in [1.29, 1.82) is 0 Å². The molecule has 0 saturated heterocycles. The van der Waals surface area contributed by atoms with E-state index in [1.807, 2.05) is 36.4 Å². The Labute approximate surface area is 130 Å². The van der Waals surface area contributed by atoms with Gasteiger partial charge in [0.25, 0.3) is 0 Å². The van der Waals surface area contributed by atoms with Crippen LogP contribution in [0.25, 0.3) is 41.7 Å². The summed E-state index contributed by atoms with van der Waals surface area (Å²) in [5.41, 5.74) is 0. The molecule has 1 aromatic heterocycles. The fraction of sp³-hybridized carbons (Fsp3) is 0. The van der Waals surface area contributed by atoms with Crippen molar-refractivity contribution in [2.45, 2.75) is 0 Å². The predicted octanol–water partition coefficient (Wildman–Crippen LogP) is 6.50. The average Bonchev–Trinajstić information content (AvgIpc) is 2.90. The van der Waals surface area contributed by atoms with Gasteiger partial charge in [-0.3, -0.25) is 0 Å². The summed E-state index contributed by atoms with van der Waals surface area (Å²) in [5, 5.41) is 5.78. The van der Waals surface area contributed by atoms with E-state index in [1.54, 1.807) is 11.3 Å².